The summed E-state index contributed by atoms with van der Waals surface area (Å²) >= 11 is 0. The minimum absolute atomic E-state index is 0.0788. The summed E-state index contributed by atoms with van der Waals surface area (Å²) in [5.74, 6) is -0.350. The van der Waals surface area contributed by atoms with Crippen molar-refractivity contribution in [3.63, 3.8) is 0 Å². The standard InChI is InChI=1S/C32H32N4O5S/c1-24-11-9-10-16-30(24)36(42(39,40)29-14-7-4-8-15-29)22-31(37)35-33-21-26-17-19-28(20-18-26)41-23-32(38)34-25(2)27-12-5-3-6-13-27/h3-21,25H,22-23H2,1-2H3,(H,34,38)(H,35,37)/b33-21-/t25-/m0/s1. The van der Waals surface area contributed by atoms with E-state index < -0.39 is 22.5 Å². The molecule has 2 amide bonds. The number of carbonyl (C=O) groups is 2. The minimum atomic E-state index is -4.01. The highest BCUT2D eigenvalue weighted by Gasteiger charge is 2.28. The number of hydrogen-bond acceptors (Lipinski definition) is 6. The summed E-state index contributed by atoms with van der Waals surface area (Å²) in [4.78, 5) is 25.1. The van der Waals surface area contributed by atoms with Crippen molar-refractivity contribution in [1.29, 1.82) is 0 Å². The Hall–Kier alpha value is -4.96. The minimum Gasteiger partial charge on any atom is -0.484 e. The summed E-state index contributed by atoms with van der Waals surface area (Å²) in [6.07, 6.45) is 1.43. The summed E-state index contributed by atoms with van der Waals surface area (Å²) in [5, 5.41) is 6.88. The first-order valence-corrected chi connectivity index (χ1v) is 14.7. The van der Waals surface area contributed by atoms with Crippen molar-refractivity contribution in [2.45, 2.75) is 24.8 Å². The van der Waals surface area contributed by atoms with Gasteiger partial charge in [0.1, 0.15) is 12.3 Å². The maximum Gasteiger partial charge on any atom is 0.264 e. The van der Waals surface area contributed by atoms with Gasteiger partial charge in [-0.2, -0.15) is 5.10 Å². The lowest BCUT2D eigenvalue weighted by Gasteiger charge is -2.25. The molecule has 216 valence electrons. The molecule has 0 aromatic heterocycles. The molecule has 0 aliphatic heterocycles. The third-order valence-electron chi connectivity index (χ3n) is 6.33. The third-order valence-corrected chi connectivity index (χ3v) is 8.11. The van der Waals surface area contributed by atoms with Gasteiger partial charge in [-0.1, -0.05) is 66.7 Å². The van der Waals surface area contributed by atoms with Crippen molar-refractivity contribution < 1.29 is 22.7 Å². The molecule has 0 fully saturated rings. The molecule has 0 aliphatic carbocycles. The van der Waals surface area contributed by atoms with Gasteiger partial charge in [0.15, 0.2) is 6.61 Å². The number of para-hydroxylation sites is 1. The van der Waals surface area contributed by atoms with Crippen LogP contribution in [0.15, 0.2) is 119 Å². The van der Waals surface area contributed by atoms with Gasteiger partial charge >= 0.3 is 0 Å². The molecule has 0 aliphatic rings. The fraction of sp³-hybridized carbons (Fsp3) is 0.156. The average Bonchev–Trinajstić information content (AvgIpc) is 3.00. The lowest BCUT2D eigenvalue weighted by Crippen LogP contribution is -2.40. The maximum absolute atomic E-state index is 13.4. The van der Waals surface area contributed by atoms with Crippen LogP contribution in [0.1, 0.15) is 29.7 Å². The van der Waals surface area contributed by atoms with E-state index in [1.165, 1.54) is 18.3 Å². The van der Waals surface area contributed by atoms with Crippen LogP contribution in [-0.2, 0) is 19.6 Å². The van der Waals surface area contributed by atoms with Gasteiger partial charge in [-0.25, -0.2) is 13.8 Å². The van der Waals surface area contributed by atoms with E-state index in [-0.39, 0.29) is 23.5 Å². The van der Waals surface area contributed by atoms with Gasteiger partial charge in [0, 0.05) is 0 Å². The van der Waals surface area contributed by atoms with Crippen molar-refractivity contribution >= 4 is 33.7 Å². The van der Waals surface area contributed by atoms with E-state index in [9.17, 15) is 18.0 Å². The fourth-order valence-electron chi connectivity index (χ4n) is 4.11. The first-order valence-electron chi connectivity index (χ1n) is 13.3. The SMILES string of the molecule is Cc1ccccc1N(CC(=O)N/N=C\c1ccc(OCC(=O)N[C@@H](C)c2ccccc2)cc1)S(=O)(=O)c1ccccc1. The van der Waals surface area contributed by atoms with Crippen LogP contribution in [0.2, 0.25) is 0 Å². The Kier molecular flexibility index (Phi) is 10.1. The van der Waals surface area contributed by atoms with E-state index in [1.807, 2.05) is 37.3 Å². The summed E-state index contributed by atoms with van der Waals surface area (Å²) in [6, 6.07) is 31.2. The normalized spacial score (nSPS) is 12.0. The van der Waals surface area contributed by atoms with Gasteiger partial charge in [0.05, 0.1) is 22.8 Å². The van der Waals surface area contributed by atoms with Gasteiger partial charge in [0.25, 0.3) is 21.8 Å². The number of sulfonamides is 1. The van der Waals surface area contributed by atoms with E-state index in [1.54, 1.807) is 73.7 Å². The fourth-order valence-corrected chi connectivity index (χ4v) is 5.62. The van der Waals surface area contributed by atoms with Crippen molar-refractivity contribution in [3.8, 4) is 5.75 Å². The molecule has 4 aromatic rings. The maximum atomic E-state index is 13.4. The summed E-state index contributed by atoms with van der Waals surface area (Å²) in [5.41, 5.74) is 5.18. The Labute approximate surface area is 245 Å². The van der Waals surface area contributed by atoms with Crippen molar-refractivity contribution in [2.75, 3.05) is 17.5 Å². The topological polar surface area (TPSA) is 117 Å². The van der Waals surface area contributed by atoms with Gasteiger partial charge in [-0.3, -0.25) is 13.9 Å². The number of aryl methyl sites for hydroxylation is 1. The number of nitrogens with zero attached hydrogens (tertiary/aromatic N) is 2. The third kappa shape index (κ3) is 8.05. The zero-order valence-electron chi connectivity index (χ0n) is 23.3. The van der Waals surface area contributed by atoms with E-state index in [0.29, 0.717) is 22.6 Å². The Bertz CT molecular complexity index is 1630. The molecule has 9 nitrogen and oxygen atoms in total. The molecule has 0 unspecified atom stereocenters. The molecule has 1 atom stereocenters. The number of carbonyl (C=O) groups excluding carboxylic acids is 2. The smallest absolute Gasteiger partial charge is 0.264 e. The molecule has 0 heterocycles. The monoisotopic (exact) mass is 584 g/mol. The molecule has 0 bridgehead atoms. The Balaban J connectivity index is 1.32. The molecule has 42 heavy (non-hydrogen) atoms. The van der Waals surface area contributed by atoms with Crippen LogP contribution in [0.4, 0.5) is 5.69 Å². The largest absolute Gasteiger partial charge is 0.484 e. The second kappa shape index (κ2) is 14.1. The second-order valence-corrected chi connectivity index (χ2v) is 11.3. The Morgan fingerprint density at radius 3 is 2.14 bits per heavy atom. The summed E-state index contributed by atoms with van der Waals surface area (Å²) in [7, 11) is -4.01. The zero-order chi connectivity index (χ0) is 30.0. The van der Waals surface area contributed by atoms with Gasteiger partial charge in [-0.15, -0.1) is 0 Å². The van der Waals surface area contributed by atoms with Crippen LogP contribution < -0.4 is 19.8 Å². The second-order valence-electron chi connectivity index (χ2n) is 9.46. The first-order chi connectivity index (χ1) is 20.2. The molecular weight excluding hydrogens is 552 g/mol. The van der Waals surface area contributed by atoms with Crippen LogP contribution in [0, 0.1) is 6.92 Å². The molecule has 2 N–H and O–H groups in total. The van der Waals surface area contributed by atoms with Crippen LogP contribution in [0.25, 0.3) is 0 Å². The van der Waals surface area contributed by atoms with E-state index in [2.05, 4.69) is 15.8 Å². The number of nitrogens with one attached hydrogen (secondary N) is 2. The lowest BCUT2D eigenvalue weighted by molar-refractivity contribution is -0.123. The number of rotatable bonds is 12. The molecule has 4 rings (SSSR count). The number of hydrazone groups is 1. The zero-order valence-corrected chi connectivity index (χ0v) is 24.1. The molecule has 4 aromatic carbocycles. The lowest BCUT2D eigenvalue weighted by atomic mass is 10.1. The van der Waals surface area contributed by atoms with Gasteiger partial charge < -0.3 is 10.1 Å². The molecule has 0 saturated carbocycles. The number of anilines is 1. The number of benzene rings is 4. The highest BCUT2D eigenvalue weighted by Crippen LogP contribution is 2.26. The number of hydrogen-bond donors (Lipinski definition) is 2. The van der Waals surface area contributed by atoms with E-state index in [0.717, 1.165) is 9.87 Å². The Morgan fingerprint density at radius 2 is 1.48 bits per heavy atom. The molecule has 10 heteroatoms. The predicted octanol–water partition coefficient (Wildman–Crippen LogP) is 4.60. The van der Waals surface area contributed by atoms with E-state index >= 15 is 0 Å². The number of amides is 2. The quantitative estimate of drug-likeness (QED) is 0.187. The summed E-state index contributed by atoms with van der Waals surface area (Å²) in [6.45, 7) is 3.09. The van der Waals surface area contributed by atoms with Crippen molar-refractivity contribution in [3.05, 3.63) is 126 Å². The highest BCUT2D eigenvalue weighted by molar-refractivity contribution is 7.92. The van der Waals surface area contributed by atoms with Crippen molar-refractivity contribution in [2.24, 2.45) is 5.10 Å². The van der Waals surface area contributed by atoms with Gasteiger partial charge in [0.2, 0.25) is 0 Å². The molecular formula is C32H32N4O5S. The Morgan fingerprint density at radius 1 is 0.857 bits per heavy atom. The molecule has 0 spiro atoms. The average molecular weight is 585 g/mol. The van der Waals surface area contributed by atoms with Crippen LogP contribution in [0.3, 0.4) is 0 Å². The van der Waals surface area contributed by atoms with Crippen LogP contribution >= 0.6 is 0 Å². The summed E-state index contributed by atoms with van der Waals surface area (Å²) < 4.78 is 33.5. The predicted molar refractivity (Wildman–Crippen MR) is 163 cm³/mol. The van der Waals surface area contributed by atoms with Crippen LogP contribution in [0.5, 0.6) is 5.75 Å². The molecule has 0 radical (unpaired) electrons. The van der Waals surface area contributed by atoms with Gasteiger partial charge in [-0.05, 0) is 73.0 Å². The van der Waals surface area contributed by atoms with Crippen LogP contribution in [-0.4, -0.2) is 39.6 Å². The highest BCUT2D eigenvalue weighted by atomic mass is 32.2. The molecule has 0 saturated heterocycles. The van der Waals surface area contributed by atoms with Crippen molar-refractivity contribution in [1.82, 2.24) is 10.7 Å². The number of ether oxygens (including phenoxy) is 1. The first kappa shape index (κ1) is 30.0. The van der Waals surface area contributed by atoms with E-state index in [4.69, 9.17) is 4.74 Å².